The second kappa shape index (κ2) is 4.96. The summed E-state index contributed by atoms with van der Waals surface area (Å²) in [5.41, 5.74) is 1.82. The Balaban J connectivity index is 2.95. The van der Waals surface area contributed by atoms with Crippen molar-refractivity contribution < 1.29 is 4.79 Å². The third-order valence-corrected chi connectivity index (χ3v) is 2.67. The largest absolute Gasteiger partial charge is 0.294 e. The third-order valence-electron chi connectivity index (χ3n) is 1.81. The number of carbonyl (C=O) groups is 1. The Hall–Kier alpha value is -0.0900. The van der Waals surface area contributed by atoms with Crippen molar-refractivity contribution in [2.24, 2.45) is 0 Å². The molecule has 0 atom stereocenters. The standard InChI is InChI=1S/C10H10ClIO/c1-7-6-8(12)2-3-9(7)10(13)4-5-11/h2-3,6H,4-5H2,1H3. The van der Waals surface area contributed by atoms with Crippen LogP contribution in [0.15, 0.2) is 18.2 Å². The first kappa shape index (κ1) is 11.0. The molecule has 0 bridgehead atoms. The van der Waals surface area contributed by atoms with E-state index in [1.165, 1.54) is 0 Å². The topological polar surface area (TPSA) is 17.1 Å². The van der Waals surface area contributed by atoms with Gasteiger partial charge in [0.1, 0.15) is 0 Å². The fourth-order valence-electron chi connectivity index (χ4n) is 1.16. The molecule has 1 aromatic rings. The van der Waals surface area contributed by atoms with Crippen LogP contribution in [0.5, 0.6) is 0 Å². The molecule has 0 N–H and O–H groups in total. The maximum atomic E-state index is 11.5. The van der Waals surface area contributed by atoms with Crippen molar-refractivity contribution in [1.29, 1.82) is 0 Å². The van der Waals surface area contributed by atoms with Gasteiger partial charge in [-0.3, -0.25) is 4.79 Å². The second-order valence-corrected chi connectivity index (χ2v) is 4.44. The lowest BCUT2D eigenvalue weighted by molar-refractivity contribution is 0.0988. The molecule has 0 saturated heterocycles. The number of rotatable bonds is 3. The van der Waals surface area contributed by atoms with Crippen LogP contribution in [-0.4, -0.2) is 11.7 Å². The SMILES string of the molecule is Cc1cc(I)ccc1C(=O)CCCl. The number of benzene rings is 1. The molecule has 0 aromatic heterocycles. The monoisotopic (exact) mass is 308 g/mol. The molecule has 0 aliphatic carbocycles. The fraction of sp³-hybridized carbons (Fsp3) is 0.300. The number of Topliss-reactive ketones (excluding diaryl/α,β-unsaturated/α-hetero) is 1. The Morgan fingerprint density at radius 2 is 2.23 bits per heavy atom. The molecule has 1 rings (SSSR count). The number of carbonyl (C=O) groups excluding carboxylic acids is 1. The van der Waals surface area contributed by atoms with E-state index in [4.69, 9.17) is 11.6 Å². The number of aryl methyl sites for hydroxylation is 1. The van der Waals surface area contributed by atoms with E-state index >= 15 is 0 Å². The predicted molar refractivity (Wildman–Crippen MR) is 63.6 cm³/mol. The summed E-state index contributed by atoms with van der Waals surface area (Å²) in [4.78, 5) is 11.5. The van der Waals surface area contributed by atoms with Crippen LogP contribution in [0, 0.1) is 10.5 Å². The summed E-state index contributed by atoms with van der Waals surface area (Å²) < 4.78 is 1.15. The highest BCUT2D eigenvalue weighted by molar-refractivity contribution is 14.1. The molecule has 0 unspecified atom stereocenters. The molecule has 0 heterocycles. The molecule has 0 spiro atoms. The molecule has 0 aliphatic rings. The number of hydrogen-bond donors (Lipinski definition) is 0. The van der Waals surface area contributed by atoms with E-state index in [2.05, 4.69) is 22.6 Å². The first-order valence-corrected chi connectivity index (χ1v) is 5.62. The summed E-state index contributed by atoms with van der Waals surface area (Å²) in [5, 5.41) is 0. The van der Waals surface area contributed by atoms with Crippen molar-refractivity contribution in [3.05, 3.63) is 32.9 Å². The van der Waals surface area contributed by atoms with Gasteiger partial charge in [0.25, 0.3) is 0 Å². The highest BCUT2D eigenvalue weighted by atomic mass is 127. The van der Waals surface area contributed by atoms with Gasteiger partial charge < -0.3 is 0 Å². The highest BCUT2D eigenvalue weighted by Crippen LogP contribution is 2.14. The summed E-state index contributed by atoms with van der Waals surface area (Å²) in [6.07, 6.45) is 0.420. The summed E-state index contributed by atoms with van der Waals surface area (Å²) in [6, 6.07) is 5.81. The lowest BCUT2D eigenvalue weighted by Crippen LogP contribution is -2.02. The zero-order chi connectivity index (χ0) is 9.84. The van der Waals surface area contributed by atoms with Gasteiger partial charge in [-0.25, -0.2) is 0 Å². The van der Waals surface area contributed by atoms with Crippen molar-refractivity contribution in [2.45, 2.75) is 13.3 Å². The predicted octanol–water partition coefficient (Wildman–Crippen LogP) is 3.41. The average Bonchev–Trinajstić information content (AvgIpc) is 2.04. The minimum atomic E-state index is 0.129. The molecule has 0 amide bonds. The lowest BCUT2D eigenvalue weighted by Gasteiger charge is -2.03. The van der Waals surface area contributed by atoms with Gasteiger partial charge in [0.05, 0.1) is 0 Å². The minimum Gasteiger partial charge on any atom is -0.294 e. The Bertz CT molecular complexity index is 323. The number of ketones is 1. The van der Waals surface area contributed by atoms with Gasteiger partial charge in [-0.15, -0.1) is 11.6 Å². The molecule has 0 saturated carbocycles. The van der Waals surface area contributed by atoms with E-state index in [1.54, 1.807) is 0 Å². The van der Waals surface area contributed by atoms with Crippen LogP contribution < -0.4 is 0 Å². The van der Waals surface area contributed by atoms with Gasteiger partial charge in [-0.2, -0.15) is 0 Å². The normalized spacial score (nSPS) is 10.1. The molecular formula is C10H10ClIO. The van der Waals surface area contributed by atoms with E-state index < -0.39 is 0 Å². The van der Waals surface area contributed by atoms with Crippen molar-refractivity contribution in [1.82, 2.24) is 0 Å². The Morgan fingerprint density at radius 1 is 1.54 bits per heavy atom. The molecule has 0 aliphatic heterocycles. The van der Waals surface area contributed by atoms with Crippen LogP contribution in [0.1, 0.15) is 22.3 Å². The first-order valence-electron chi connectivity index (χ1n) is 4.00. The van der Waals surface area contributed by atoms with Crippen molar-refractivity contribution >= 4 is 40.0 Å². The van der Waals surface area contributed by atoms with Gasteiger partial charge in [0.2, 0.25) is 0 Å². The second-order valence-electron chi connectivity index (χ2n) is 2.82. The zero-order valence-corrected chi connectivity index (χ0v) is 10.2. The molecule has 0 radical (unpaired) electrons. The number of hydrogen-bond acceptors (Lipinski definition) is 1. The Labute approximate surface area is 96.6 Å². The molecule has 3 heteroatoms. The van der Waals surface area contributed by atoms with Crippen LogP contribution in [0.4, 0.5) is 0 Å². The van der Waals surface area contributed by atoms with E-state index in [-0.39, 0.29) is 5.78 Å². The molecule has 1 aromatic carbocycles. The van der Waals surface area contributed by atoms with Crippen LogP contribution >= 0.6 is 34.2 Å². The minimum absolute atomic E-state index is 0.129. The van der Waals surface area contributed by atoms with Crippen LogP contribution in [0.3, 0.4) is 0 Å². The third kappa shape index (κ3) is 2.95. The number of alkyl halides is 1. The summed E-state index contributed by atoms with van der Waals surface area (Å²) >= 11 is 7.74. The first-order chi connectivity index (χ1) is 6.15. The van der Waals surface area contributed by atoms with Crippen LogP contribution in [0.2, 0.25) is 0 Å². The summed E-state index contributed by atoms with van der Waals surface area (Å²) in [7, 11) is 0. The van der Waals surface area contributed by atoms with Crippen LogP contribution in [-0.2, 0) is 0 Å². The Morgan fingerprint density at radius 3 is 2.77 bits per heavy atom. The van der Waals surface area contributed by atoms with Gasteiger partial charge in [-0.05, 0) is 47.2 Å². The molecule has 1 nitrogen and oxygen atoms in total. The molecule has 13 heavy (non-hydrogen) atoms. The number of halogens is 2. The van der Waals surface area contributed by atoms with E-state index in [0.29, 0.717) is 12.3 Å². The van der Waals surface area contributed by atoms with Gasteiger partial charge >= 0.3 is 0 Å². The highest BCUT2D eigenvalue weighted by Gasteiger charge is 2.07. The fourth-order valence-corrected chi connectivity index (χ4v) is 1.98. The smallest absolute Gasteiger partial charge is 0.164 e. The van der Waals surface area contributed by atoms with Crippen LogP contribution in [0.25, 0.3) is 0 Å². The average molecular weight is 309 g/mol. The van der Waals surface area contributed by atoms with E-state index in [0.717, 1.165) is 14.7 Å². The van der Waals surface area contributed by atoms with Crippen molar-refractivity contribution in [3.63, 3.8) is 0 Å². The van der Waals surface area contributed by atoms with Gasteiger partial charge in [0.15, 0.2) is 5.78 Å². The summed E-state index contributed by atoms with van der Waals surface area (Å²) in [5.74, 6) is 0.522. The maximum absolute atomic E-state index is 11.5. The molecular weight excluding hydrogens is 298 g/mol. The quantitative estimate of drug-likeness (QED) is 0.475. The molecule has 70 valence electrons. The molecule has 0 fully saturated rings. The zero-order valence-electron chi connectivity index (χ0n) is 7.31. The van der Waals surface area contributed by atoms with Crippen molar-refractivity contribution in [3.8, 4) is 0 Å². The summed E-state index contributed by atoms with van der Waals surface area (Å²) in [6.45, 7) is 1.95. The Kier molecular flexibility index (Phi) is 4.19. The van der Waals surface area contributed by atoms with E-state index in [9.17, 15) is 4.79 Å². The van der Waals surface area contributed by atoms with E-state index in [1.807, 2.05) is 25.1 Å². The van der Waals surface area contributed by atoms with Crippen molar-refractivity contribution in [2.75, 3.05) is 5.88 Å². The van der Waals surface area contributed by atoms with Gasteiger partial charge in [-0.1, -0.05) is 6.07 Å². The lowest BCUT2D eigenvalue weighted by atomic mass is 10.0. The maximum Gasteiger partial charge on any atom is 0.164 e. The van der Waals surface area contributed by atoms with Gasteiger partial charge in [0, 0.05) is 21.4 Å².